The quantitative estimate of drug-likeness (QED) is 0.315. The number of hydrogen-bond donors (Lipinski definition) is 0. The molecule has 0 unspecified atom stereocenters. The summed E-state index contributed by atoms with van der Waals surface area (Å²) >= 11 is 19.2. The summed E-state index contributed by atoms with van der Waals surface area (Å²) in [6.45, 7) is 4.66. The second kappa shape index (κ2) is 8.23. The number of halogens is 3. The van der Waals surface area contributed by atoms with Crippen molar-refractivity contribution in [2.24, 2.45) is 0 Å². The summed E-state index contributed by atoms with van der Waals surface area (Å²) in [5.74, 6) is 0. The number of aromatic nitrogens is 2. The lowest BCUT2D eigenvalue weighted by Gasteiger charge is -2.09. The largest absolute Gasteiger partial charge is 0.258 e. The third-order valence-electron chi connectivity index (χ3n) is 4.86. The van der Waals surface area contributed by atoms with E-state index in [1.807, 2.05) is 28.9 Å². The lowest BCUT2D eigenvalue weighted by Crippen LogP contribution is -2.04. The summed E-state index contributed by atoms with van der Waals surface area (Å²) in [4.78, 5) is 0. The maximum Gasteiger partial charge on any atom is 0.112 e. The summed E-state index contributed by atoms with van der Waals surface area (Å²) < 4.78 is 1.93. The van der Waals surface area contributed by atoms with Crippen LogP contribution in [0.3, 0.4) is 0 Å². The van der Waals surface area contributed by atoms with Crippen LogP contribution >= 0.6 is 34.8 Å². The molecule has 4 rings (SSSR count). The highest BCUT2D eigenvalue weighted by molar-refractivity contribution is 6.42. The molecule has 0 amide bonds. The molecule has 2 nitrogen and oxygen atoms in total. The molecule has 0 bridgehead atoms. The first-order chi connectivity index (χ1) is 13.9. The van der Waals surface area contributed by atoms with Crippen molar-refractivity contribution in [1.29, 1.82) is 0 Å². The van der Waals surface area contributed by atoms with Gasteiger partial charge >= 0.3 is 0 Å². The molecule has 0 aliphatic rings. The Morgan fingerprint density at radius 1 is 0.724 bits per heavy atom. The fourth-order valence-corrected chi connectivity index (χ4v) is 3.92. The van der Waals surface area contributed by atoms with Crippen molar-refractivity contribution >= 4 is 34.8 Å². The van der Waals surface area contributed by atoms with Gasteiger partial charge in [0.25, 0.3) is 0 Å². The van der Waals surface area contributed by atoms with Gasteiger partial charge in [-0.15, -0.1) is 0 Å². The van der Waals surface area contributed by atoms with E-state index in [2.05, 4.69) is 50.2 Å². The van der Waals surface area contributed by atoms with E-state index in [0.717, 1.165) is 28.1 Å². The van der Waals surface area contributed by atoms with Crippen LogP contribution in [0.15, 0.2) is 66.7 Å². The van der Waals surface area contributed by atoms with Gasteiger partial charge in [-0.25, -0.2) is 0 Å². The molecule has 0 atom stereocenters. The van der Waals surface area contributed by atoms with Crippen molar-refractivity contribution in [3.63, 3.8) is 0 Å². The van der Waals surface area contributed by atoms with Crippen molar-refractivity contribution < 1.29 is 0 Å². The number of aryl methyl sites for hydroxylation is 2. The number of rotatable bonds is 4. The normalized spacial score (nSPS) is 11.1. The number of benzene rings is 3. The predicted octanol–water partition coefficient (Wildman–Crippen LogP) is 7.84. The van der Waals surface area contributed by atoms with E-state index in [4.69, 9.17) is 39.9 Å². The smallest absolute Gasteiger partial charge is 0.112 e. The van der Waals surface area contributed by atoms with Crippen LogP contribution in [0.2, 0.25) is 15.1 Å². The molecule has 0 N–H and O–H groups in total. The summed E-state index contributed by atoms with van der Waals surface area (Å²) in [5.41, 5.74) is 7.05. The molecule has 3 aromatic carbocycles. The van der Waals surface area contributed by atoms with Gasteiger partial charge in [-0.2, -0.15) is 5.10 Å². The molecule has 4 aromatic rings. The maximum atomic E-state index is 6.87. The van der Waals surface area contributed by atoms with Crippen LogP contribution in [-0.4, -0.2) is 9.78 Å². The van der Waals surface area contributed by atoms with Crippen LogP contribution in [0, 0.1) is 13.8 Å². The molecule has 0 aliphatic heterocycles. The third-order valence-corrected chi connectivity index (χ3v) is 5.96. The van der Waals surface area contributed by atoms with Gasteiger partial charge in [-0.3, -0.25) is 4.68 Å². The highest BCUT2D eigenvalue weighted by Gasteiger charge is 2.19. The Hall–Kier alpha value is -2.26. The molecule has 1 aromatic heterocycles. The predicted molar refractivity (Wildman–Crippen MR) is 123 cm³/mol. The molecular weight excluding hydrogens is 423 g/mol. The highest BCUT2D eigenvalue weighted by atomic mass is 35.5. The van der Waals surface area contributed by atoms with E-state index in [0.29, 0.717) is 21.6 Å². The Morgan fingerprint density at radius 3 is 1.90 bits per heavy atom. The molecule has 0 saturated carbocycles. The Bertz CT molecular complexity index is 1160. The minimum atomic E-state index is 0.526. The summed E-state index contributed by atoms with van der Waals surface area (Å²) in [6.07, 6.45) is 0. The summed E-state index contributed by atoms with van der Waals surface area (Å²) in [7, 11) is 0. The Labute approximate surface area is 185 Å². The van der Waals surface area contributed by atoms with E-state index >= 15 is 0 Å². The molecule has 0 aliphatic carbocycles. The second-order valence-electron chi connectivity index (χ2n) is 7.15. The summed E-state index contributed by atoms with van der Waals surface area (Å²) in [5, 5.41) is 6.56. The number of nitrogens with zero attached hydrogens (tertiary/aromatic N) is 2. The highest BCUT2D eigenvalue weighted by Crippen LogP contribution is 2.37. The van der Waals surface area contributed by atoms with Gasteiger partial charge < -0.3 is 0 Å². The zero-order valence-corrected chi connectivity index (χ0v) is 18.4. The fraction of sp³-hybridized carbons (Fsp3) is 0.125. The average Bonchev–Trinajstić information content (AvgIpc) is 3.02. The van der Waals surface area contributed by atoms with Gasteiger partial charge in [0.2, 0.25) is 0 Å². The minimum Gasteiger partial charge on any atom is -0.258 e. The van der Waals surface area contributed by atoms with Crippen molar-refractivity contribution in [2.45, 2.75) is 20.4 Å². The van der Waals surface area contributed by atoms with Crippen LogP contribution in [-0.2, 0) is 6.54 Å². The van der Waals surface area contributed by atoms with E-state index < -0.39 is 0 Å². The van der Waals surface area contributed by atoms with Gasteiger partial charge in [0.05, 0.1) is 27.3 Å². The fourth-order valence-electron chi connectivity index (χ4n) is 3.25. The van der Waals surface area contributed by atoms with E-state index in [-0.39, 0.29) is 0 Å². The molecule has 146 valence electrons. The van der Waals surface area contributed by atoms with E-state index in [1.165, 1.54) is 11.1 Å². The van der Waals surface area contributed by atoms with Crippen LogP contribution < -0.4 is 0 Å². The first-order valence-corrected chi connectivity index (χ1v) is 10.4. The molecule has 0 fully saturated rings. The van der Waals surface area contributed by atoms with Gasteiger partial charge in [-0.05, 0) is 31.5 Å². The molecule has 5 heteroatoms. The topological polar surface area (TPSA) is 17.8 Å². The Kier molecular flexibility index (Phi) is 5.69. The summed E-state index contributed by atoms with van der Waals surface area (Å²) in [6, 6.07) is 22.1. The second-order valence-corrected chi connectivity index (χ2v) is 8.34. The van der Waals surface area contributed by atoms with Crippen LogP contribution in [0.1, 0.15) is 16.7 Å². The SMILES string of the molecule is Cc1ccc(-c2nn(Cc3ccc(Cl)c(Cl)c3)c(-c3ccc(C)cc3)c2Cl)cc1. The average molecular weight is 442 g/mol. The molecule has 1 heterocycles. The van der Waals surface area contributed by atoms with Crippen LogP contribution in [0.5, 0.6) is 0 Å². The van der Waals surface area contributed by atoms with Crippen LogP contribution in [0.4, 0.5) is 0 Å². The van der Waals surface area contributed by atoms with Gasteiger partial charge in [-0.1, -0.05) is 101 Å². The Balaban J connectivity index is 1.85. The minimum absolute atomic E-state index is 0.526. The monoisotopic (exact) mass is 440 g/mol. The van der Waals surface area contributed by atoms with Gasteiger partial charge in [0.15, 0.2) is 0 Å². The van der Waals surface area contributed by atoms with Gasteiger partial charge in [0.1, 0.15) is 5.69 Å². The Morgan fingerprint density at radius 2 is 1.31 bits per heavy atom. The van der Waals surface area contributed by atoms with E-state index in [1.54, 1.807) is 6.07 Å². The van der Waals surface area contributed by atoms with Crippen molar-refractivity contribution in [1.82, 2.24) is 9.78 Å². The lowest BCUT2D eigenvalue weighted by atomic mass is 10.1. The standard InChI is InChI=1S/C24H19Cl3N2/c1-15-3-8-18(9-4-15)23-22(27)24(19-10-5-16(2)6-11-19)29(28-23)14-17-7-12-20(25)21(26)13-17/h3-13H,14H2,1-2H3. The van der Waals surface area contributed by atoms with Gasteiger partial charge in [0, 0.05) is 11.1 Å². The molecule has 29 heavy (non-hydrogen) atoms. The van der Waals surface area contributed by atoms with Crippen molar-refractivity contribution in [3.8, 4) is 22.5 Å². The first kappa shape index (κ1) is 20.0. The molecule has 0 radical (unpaired) electrons. The van der Waals surface area contributed by atoms with Crippen LogP contribution in [0.25, 0.3) is 22.5 Å². The lowest BCUT2D eigenvalue weighted by molar-refractivity contribution is 0.697. The first-order valence-electron chi connectivity index (χ1n) is 9.26. The molecule has 0 saturated heterocycles. The van der Waals surface area contributed by atoms with E-state index in [9.17, 15) is 0 Å². The zero-order chi connectivity index (χ0) is 20.5. The number of hydrogen-bond acceptors (Lipinski definition) is 1. The third kappa shape index (κ3) is 4.20. The van der Waals surface area contributed by atoms with Crippen molar-refractivity contribution in [2.75, 3.05) is 0 Å². The van der Waals surface area contributed by atoms with Crippen molar-refractivity contribution in [3.05, 3.63) is 98.5 Å². The zero-order valence-electron chi connectivity index (χ0n) is 16.1. The molecular formula is C24H19Cl3N2. The maximum absolute atomic E-state index is 6.87. The molecule has 0 spiro atoms.